The molecule has 0 unspecified atom stereocenters. The number of hydrogen-bond donors (Lipinski definition) is 1. The van der Waals surface area contributed by atoms with Gasteiger partial charge < -0.3 is 14.1 Å². The Morgan fingerprint density at radius 2 is 1.87 bits per heavy atom. The molecule has 0 bridgehead atoms. The van der Waals surface area contributed by atoms with Gasteiger partial charge in [0.15, 0.2) is 5.78 Å². The monoisotopic (exact) mass is 471 g/mol. The van der Waals surface area contributed by atoms with E-state index >= 15 is 0 Å². The Bertz CT molecular complexity index is 1430. The molecule has 0 aliphatic rings. The number of thiazole rings is 1. The van der Waals surface area contributed by atoms with Crippen LogP contribution < -0.4 is 19.5 Å². The van der Waals surface area contributed by atoms with E-state index in [0.29, 0.717) is 47.6 Å². The SMILES string of the molecule is COc1ccc(C(=O)/C=c2\[nH]c(=O)/c(=C\c3ccc(-c4cc(Cl)ccc4Cl)o3)s2)cc1. The average molecular weight is 472 g/mol. The molecular formula is C23H15Cl2NO4S. The van der Waals surface area contributed by atoms with Crippen molar-refractivity contribution in [1.29, 1.82) is 0 Å². The predicted molar refractivity (Wildman–Crippen MR) is 124 cm³/mol. The number of aromatic amines is 1. The molecule has 0 saturated heterocycles. The number of Topliss-reactive ketones (excluding diaryl/α,β-unsaturated/α-hetero) is 1. The first-order chi connectivity index (χ1) is 14.9. The first-order valence-electron chi connectivity index (χ1n) is 9.09. The van der Waals surface area contributed by atoms with E-state index in [0.717, 1.165) is 11.3 Å². The third kappa shape index (κ3) is 4.82. The highest BCUT2D eigenvalue weighted by Crippen LogP contribution is 2.31. The smallest absolute Gasteiger partial charge is 0.266 e. The van der Waals surface area contributed by atoms with E-state index in [9.17, 15) is 9.59 Å². The lowest BCUT2D eigenvalue weighted by Gasteiger charge is -2.00. The average Bonchev–Trinajstić information content (AvgIpc) is 3.36. The van der Waals surface area contributed by atoms with Crippen LogP contribution in [0.5, 0.6) is 5.75 Å². The number of carbonyl (C=O) groups is 1. The fourth-order valence-corrected chi connectivity index (χ4v) is 4.12. The van der Waals surface area contributed by atoms with E-state index in [4.69, 9.17) is 32.4 Å². The fraction of sp³-hybridized carbons (Fsp3) is 0.0435. The molecule has 2 heterocycles. The van der Waals surface area contributed by atoms with Crippen molar-refractivity contribution >= 4 is 52.5 Å². The minimum atomic E-state index is -0.308. The topological polar surface area (TPSA) is 72.3 Å². The molecule has 0 radical (unpaired) electrons. The van der Waals surface area contributed by atoms with E-state index in [1.54, 1.807) is 67.8 Å². The minimum Gasteiger partial charge on any atom is -0.497 e. The normalized spacial score (nSPS) is 12.4. The van der Waals surface area contributed by atoms with E-state index in [-0.39, 0.29) is 11.3 Å². The summed E-state index contributed by atoms with van der Waals surface area (Å²) in [6, 6.07) is 15.3. The molecule has 0 spiro atoms. The lowest BCUT2D eigenvalue weighted by molar-refractivity contribution is 0.106. The Balaban J connectivity index is 1.64. The summed E-state index contributed by atoms with van der Waals surface area (Å²) in [5, 5.41) is 1.05. The summed E-state index contributed by atoms with van der Waals surface area (Å²) in [6.45, 7) is 0. The van der Waals surface area contributed by atoms with Crippen LogP contribution in [0, 0.1) is 0 Å². The van der Waals surface area contributed by atoms with E-state index in [1.165, 1.54) is 6.08 Å². The molecule has 1 N–H and O–H groups in total. The third-order valence-corrected chi connectivity index (χ3v) is 5.94. The van der Waals surface area contributed by atoms with Gasteiger partial charge in [0.2, 0.25) is 0 Å². The van der Waals surface area contributed by atoms with Crippen LogP contribution >= 0.6 is 34.5 Å². The van der Waals surface area contributed by atoms with Gasteiger partial charge in [-0.1, -0.05) is 23.2 Å². The quantitative estimate of drug-likeness (QED) is 0.434. The Hall–Kier alpha value is -3.06. The number of carbonyl (C=O) groups excluding carboxylic acids is 1. The van der Waals surface area contributed by atoms with Crippen molar-refractivity contribution in [3.8, 4) is 17.1 Å². The zero-order valence-corrected chi connectivity index (χ0v) is 18.5. The highest BCUT2D eigenvalue weighted by molar-refractivity contribution is 7.07. The summed E-state index contributed by atoms with van der Waals surface area (Å²) >= 11 is 13.4. The summed E-state index contributed by atoms with van der Waals surface area (Å²) in [5.74, 6) is 1.46. The number of rotatable bonds is 5. The molecule has 0 amide bonds. The molecule has 4 aromatic rings. The molecule has 156 valence electrons. The maximum atomic E-state index is 12.4. The Morgan fingerprint density at radius 1 is 1.10 bits per heavy atom. The number of furan rings is 1. The third-order valence-electron chi connectivity index (χ3n) is 4.41. The number of ether oxygens (including phenoxy) is 1. The summed E-state index contributed by atoms with van der Waals surface area (Å²) < 4.78 is 11.8. The second-order valence-corrected chi connectivity index (χ2v) is 8.42. The molecule has 2 aromatic heterocycles. The van der Waals surface area contributed by atoms with Gasteiger partial charge in [-0.25, -0.2) is 0 Å². The number of methoxy groups -OCH3 is 1. The molecule has 0 aliphatic heterocycles. The number of ketones is 1. The Kier molecular flexibility index (Phi) is 6.13. The molecule has 0 atom stereocenters. The number of nitrogens with one attached hydrogen (secondary N) is 1. The largest absolute Gasteiger partial charge is 0.497 e. The summed E-state index contributed by atoms with van der Waals surface area (Å²) in [6.07, 6.45) is 3.01. The molecule has 8 heteroatoms. The maximum Gasteiger partial charge on any atom is 0.266 e. The molecule has 0 aliphatic carbocycles. The number of benzene rings is 2. The van der Waals surface area contributed by atoms with Gasteiger partial charge in [0.25, 0.3) is 5.56 Å². The van der Waals surface area contributed by atoms with Crippen LogP contribution in [-0.2, 0) is 0 Å². The van der Waals surface area contributed by atoms with E-state index < -0.39 is 0 Å². The molecule has 2 aromatic carbocycles. The van der Waals surface area contributed by atoms with Crippen LogP contribution in [0.2, 0.25) is 10.0 Å². The Labute approximate surface area is 190 Å². The molecule has 5 nitrogen and oxygen atoms in total. The van der Waals surface area contributed by atoms with Gasteiger partial charge in [-0.15, -0.1) is 11.3 Å². The summed E-state index contributed by atoms with van der Waals surface area (Å²) in [5.41, 5.74) is 0.847. The zero-order valence-electron chi connectivity index (χ0n) is 16.1. The van der Waals surface area contributed by atoms with Crippen LogP contribution in [-0.4, -0.2) is 17.9 Å². The van der Waals surface area contributed by atoms with Gasteiger partial charge in [-0.05, 0) is 54.6 Å². The van der Waals surface area contributed by atoms with Gasteiger partial charge in [0.1, 0.15) is 17.3 Å². The van der Waals surface area contributed by atoms with Crippen LogP contribution in [0.1, 0.15) is 16.1 Å². The summed E-state index contributed by atoms with van der Waals surface area (Å²) in [7, 11) is 1.56. The number of H-pyrrole nitrogens is 1. The van der Waals surface area contributed by atoms with Gasteiger partial charge >= 0.3 is 0 Å². The molecule has 4 rings (SSSR count). The van der Waals surface area contributed by atoms with Crippen molar-refractivity contribution in [3.05, 3.63) is 95.5 Å². The van der Waals surface area contributed by atoms with Crippen molar-refractivity contribution < 1.29 is 13.9 Å². The highest BCUT2D eigenvalue weighted by Gasteiger charge is 2.09. The second kappa shape index (κ2) is 8.98. The zero-order chi connectivity index (χ0) is 22.0. The number of aromatic nitrogens is 1. The van der Waals surface area contributed by atoms with E-state index in [1.807, 2.05) is 0 Å². The van der Waals surface area contributed by atoms with Crippen molar-refractivity contribution in [2.45, 2.75) is 0 Å². The highest BCUT2D eigenvalue weighted by atomic mass is 35.5. The summed E-state index contributed by atoms with van der Waals surface area (Å²) in [4.78, 5) is 27.5. The van der Waals surface area contributed by atoms with Crippen LogP contribution in [0.4, 0.5) is 0 Å². The van der Waals surface area contributed by atoms with Crippen molar-refractivity contribution in [2.24, 2.45) is 0 Å². The van der Waals surface area contributed by atoms with Gasteiger partial charge in [0, 0.05) is 28.3 Å². The molecule has 0 saturated carbocycles. The lowest BCUT2D eigenvalue weighted by Crippen LogP contribution is -2.19. The number of hydrogen-bond acceptors (Lipinski definition) is 5. The van der Waals surface area contributed by atoms with Gasteiger partial charge in [-0.3, -0.25) is 9.59 Å². The predicted octanol–water partition coefficient (Wildman–Crippen LogP) is 4.50. The van der Waals surface area contributed by atoms with Gasteiger partial charge in [-0.2, -0.15) is 0 Å². The fourth-order valence-electron chi connectivity index (χ4n) is 2.87. The lowest BCUT2D eigenvalue weighted by atomic mass is 10.1. The first-order valence-corrected chi connectivity index (χ1v) is 10.7. The van der Waals surface area contributed by atoms with E-state index in [2.05, 4.69) is 4.98 Å². The second-order valence-electron chi connectivity index (χ2n) is 6.49. The van der Waals surface area contributed by atoms with Crippen LogP contribution in [0.3, 0.4) is 0 Å². The first kappa shape index (κ1) is 21.2. The van der Waals surface area contributed by atoms with Crippen molar-refractivity contribution in [1.82, 2.24) is 4.98 Å². The molecular weight excluding hydrogens is 457 g/mol. The van der Waals surface area contributed by atoms with Crippen molar-refractivity contribution in [2.75, 3.05) is 7.11 Å². The standard InChI is InChI=1S/C23H15Cl2NO4S/c1-29-15-5-2-13(3-6-15)19(27)12-22-26-23(28)21(31-22)11-16-7-9-20(30-16)17-10-14(24)4-8-18(17)25/h2-12H,1H3,(H,26,28)/b21-11+,22-12+. The van der Waals surface area contributed by atoms with Gasteiger partial charge in [0.05, 0.1) is 21.3 Å². The Morgan fingerprint density at radius 3 is 2.61 bits per heavy atom. The van der Waals surface area contributed by atoms with Crippen LogP contribution in [0.15, 0.2) is 63.8 Å². The van der Waals surface area contributed by atoms with Crippen molar-refractivity contribution in [3.63, 3.8) is 0 Å². The number of halogens is 2. The molecule has 31 heavy (non-hydrogen) atoms. The minimum absolute atomic E-state index is 0.220. The maximum absolute atomic E-state index is 12.4. The van der Waals surface area contributed by atoms with Crippen LogP contribution in [0.25, 0.3) is 23.5 Å². The molecule has 0 fully saturated rings.